The molecule has 0 saturated heterocycles. The summed E-state index contributed by atoms with van der Waals surface area (Å²) in [5.74, 6) is -2.90. The molecule has 0 fully saturated rings. The first-order valence-electron chi connectivity index (χ1n) is 7.68. The Morgan fingerprint density at radius 1 is 1.07 bits per heavy atom. The van der Waals surface area contributed by atoms with Crippen LogP contribution in [-0.4, -0.2) is 32.9 Å². The molecule has 1 amide bonds. The van der Waals surface area contributed by atoms with Crippen molar-refractivity contribution in [3.8, 4) is 0 Å². The first kappa shape index (κ1) is 20.5. The molecule has 10 heteroatoms. The summed E-state index contributed by atoms with van der Waals surface area (Å²) in [7, 11) is -4.11. The maximum Gasteiger partial charge on any atom is 0.321 e. The van der Waals surface area contributed by atoms with E-state index in [0.29, 0.717) is 5.69 Å². The molecular weight excluding hydrogens is 382 g/mol. The van der Waals surface area contributed by atoms with E-state index in [4.69, 9.17) is 4.74 Å². The Morgan fingerprint density at radius 2 is 1.74 bits per heavy atom. The number of hydrogen-bond acceptors (Lipinski definition) is 5. The Balaban J connectivity index is 1.87. The summed E-state index contributed by atoms with van der Waals surface area (Å²) < 4.78 is 56.7. The summed E-state index contributed by atoms with van der Waals surface area (Å²) in [5, 5.41) is 2.42. The number of halogens is 2. The SMILES string of the molecule is C[C@H](OC(=O)CNS(=O)(=O)c1cccc(F)c1)C(=O)Nc1ccc(F)cc1. The highest BCUT2D eigenvalue weighted by molar-refractivity contribution is 7.89. The molecule has 144 valence electrons. The van der Waals surface area contributed by atoms with Gasteiger partial charge in [0.05, 0.1) is 4.90 Å². The zero-order valence-electron chi connectivity index (χ0n) is 14.1. The van der Waals surface area contributed by atoms with Crippen molar-refractivity contribution in [2.45, 2.75) is 17.9 Å². The van der Waals surface area contributed by atoms with E-state index < -0.39 is 46.2 Å². The van der Waals surface area contributed by atoms with E-state index in [0.717, 1.165) is 30.3 Å². The fourth-order valence-corrected chi connectivity index (χ4v) is 2.94. The molecule has 7 nitrogen and oxygen atoms in total. The molecule has 2 aromatic carbocycles. The Morgan fingerprint density at radius 3 is 2.37 bits per heavy atom. The Bertz CT molecular complexity index is 933. The standard InChI is InChI=1S/C17H16F2N2O5S/c1-11(17(23)21-14-7-5-12(18)6-8-14)26-16(22)10-20-27(24,25)15-4-2-3-13(19)9-15/h2-9,11,20H,10H2,1H3,(H,21,23)/t11-/m0/s1. The fraction of sp³-hybridized carbons (Fsp3) is 0.176. The van der Waals surface area contributed by atoms with E-state index in [1.165, 1.54) is 25.1 Å². The average molecular weight is 398 g/mol. The van der Waals surface area contributed by atoms with Crippen molar-refractivity contribution in [3.05, 3.63) is 60.2 Å². The van der Waals surface area contributed by atoms with Crippen molar-refractivity contribution in [2.75, 3.05) is 11.9 Å². The van der Waals surface area contributed by atoms with Gasteiger partial charge in [-0.25, -0.2) is 17.2 Å². The number of sulfonamides is 1. The number of rotatable bonds is 7. The lowest BCUT2D eigenvalue weighted by Crippen LogP contribution is -2.35. The number of amides is 1. The number of carbonyl (C=O) groups is 2. The highest BCUT2D eigenvalue weighted by Gasteiger charge is 2.21. The van der Waals surface area contributed by atoms with Gasteiger partial charge in [-0.15, -0.1) is 0 Å². The summed E-state index contributed by atoms with van der Waals surface area (Å²) in [5.41, 5.74) is 0.302. The predicted octanol–water partition coefficient (Wildman–Crippen LogP) is 1.81. The van der Waals surface area contributed by atoms with Crippen LogP contribution >= 0.6 is 0 Å². The molecule has 0 aliphatic rings. The largest absolute Gasteiger partial charge is 0.452 e. The molecule has 0 bridgehead atoms. The molecule has 0 aromatic heterocycles. The highest BCUT2D eigenvalue weighted by atomic mass is 32.2. The monoisotopic (exact) mass is 398 g/mol. The first-order chi connectivity index (χ1) is 12.7. The average Bonchev–Trinajstić information content (AvgIpc) is 2.62. The number of hydrogen-bond donors (Lipinski definition) is 2. The van der Waals surface area contributed by atoms with Crippen LogP contribution in [0.25, 0.3) is 0 Å². The molecule has 1 atom stereocenters. The van der Waals surface area contributed by atoms with Gasteiger partial charge < -0.3 is 10.1 Å². The van der Waals surface area contributed by atoms with Crippen LogP contribution in [0.5, 0.6) is 0 Å². The second-order valence-corrected chi connectivity index (χ2v) is 7.18. The summed E-state index contributed by atoms with van der Waals surface area (Å²) in [4.78, 5) is 23.3. The smallest absolute Gasteiger partial charge is 0.321 e. The van der Waals surface area contributed by atoms with E-state index in [2.05, 4.69) is 5.32 Å². The minimum Gasteiger partial charge on any atom is -0.452 e. The van der Waals surface area contributed by atoms with Gasteiger partial charge in [-0.05, 0) is 49.4 Å². The van der Waals surface area contributed by atoms with E-state index in [-0.39, 0.29) is 4.90 Å². The van der Waals surface area contributed by atoms with Gasteiger partial charge in [-0.2, -0.15) is 4.72 Å². The second kappa shape index (κ2) is 8.69. The summed E-state index contributed by atoms with van der Waals surface area (Å²) >= 11 is 0. The maximum atomic E-state index is 13.1. The number of nitrogens with one attached hydrogen (secondary N) is 2. The lowest BCUT2D eigenvalue weighted by Gasteiger charge is -2.14. The molecule has 0 spiro atoms. The van der Waals surface area contributed by atoms with E-state index in [9.17, 15) is 26.8 Å². The van der Waals surface area contributed by atoms with Crippen molar-refractivity contribution >= 4 is 27.6 Å². The number of carbonyl (C=O) groups excluding carboxylic acids is 2. The van der Waals surface area contributed by atoms with Gasteiger partial charge in [0.2, 0.25) is 10.0 Å². The quantitative estimate of drug-likeness (QED) is 0.693. The molecule has 0 aliphatic carbocycles. The van der Waals surface area contributed by atoms with Crippen molar-refractivity contribution < 1.29 is 31.5 Å². The van der Waals surface area contributed by atoms with Crippen LogP contribution in [0, 0.1) is 11.6 Å². The topological polar surface area (TPSA) is 102 Å². The predicted molar refractivity (Wildman–Crippen MR) is 92.2 cm³/mol. The lowest BCUT2D eigenvalue weighted by molar-refractivity contribution is -0.151. The van der Waals surface area contributed by atoms with Gasteiger partial charge in [0.25, 0.3) is 5.91 Å². The Hall–Kier alpha value is -2.85. The summed E-state index contributed by atoms with van der Waals surface area (Å²) in [6, 6.07) is 9.20. The van der Waals surface area contributed by atoms with Gasteiger partial charge >= 0.3 is 5.97 Å². The third-order valence-electron chi connectivity index (χ3n) is 3.30. The molecule has 2 aromatic rings. The van der Waals surface area contributed by atoms with Crippen LogP contribution in [-0.2, 0) is 24.3 Å². The molecule has 0 saturated carbocycles. The zero-order chi connectivity index (χ0) is 20.0. The summed E-state index contributed by atoms with van der Waals surface area (Å²) in [6.07, 6.45) is -1.22. The van der Waals surface area contributed by atoms with Crippen molar-refractivity contribution in [1.29, 1.82) is 0 Å². The molecule has 0 heterocycles. The van der Waals surface area contributed by atoms with E-state index in [1.807, 2.05) is 4.72 Å². The summed E-state index contributed by atoms with van der Waals surface area (Å²) in [6.45, 7) is 0.546. The molecule has 2 rings (SSSR count). The van der Waals surface area contributed by atoms with Crippen LogP contribution in [0.3, 0.4) is 0 Å². The molecule has 0 radical (unpaired) electrons. The second-order valence-electron chi connectivity index (χ2n) is 5.41. The zero-order valence-corrected chi connectivity index (χ0v) is 14.9. The fourth-order valence-electron chi connectivity index (χ4n) is 1.94. The van der Waals surface area contributed by atoms with E-state index in [1.54, 1.807) is 0 Å². The van der Waals surface area contributed by atoms with Crippen molar-refractivity contribution in [2.24, 2.45) is 0 Å². The number of esters is 1. The normalized spacial score (nSPS) is 12.3. The van der Waals surface area contributed by atoms with Crippen LogP contribution < -0.4 is 10.0 Å². The molecular formula is C17H16F2N2O5S. The van der Waals surface area contributed by atoms with Crippen LogP contribution in [0.4, 0.5) is 14.5 Å². The molecule has 0 unspecified atom stereocenters. The van der Waals surface area contributed by atoms with Gasteiger partial charge in [-0.3, -0.25) is 9.59 Å². The van der Waals surface area contributed by atoms with Gasteiger partial charge in [-0.1, -0.05) is 6.07 Å². The van der Waals surface area contributed by atoms with Gasteiger partial charge in [0, 0.05) is 5.69 Å². The minimum absolute atomic E-state index is 0.302. The maximum absolute atomic E-state index is 13.1. The van der Waals surface area contributed by atoms with E-state index >= 15 is 0 Å². The third kappa shape index (κ3) is 6.12. The molecule has 0 aliphatic heterocycles. The molecule has 2 N–H and O–H groups in total. The lowest BCUT2D eigenvalue weighted by atomic mass is 10.3. The van der Waals surface area contributed by atoms with Gasteiger partial charge in [0.15, 0.2) is 6.10 Å². The first-order valence-corrected chi connectivity index (χ1v) is 9.17. The van der Waals surface area contributed by atoms with Crippen molar-refractivity contribution in [3.63, 3.8) is 0 Å². The third-order valence-corrected chi connectivity index (χ3v) is 4.70. The van der Waals surface area contributed by atoms with Gasteiger partial charge in [0.1, 0.15) is 18.2 Å². The van der Waals surface area contributed by atoms with Crippen LogP contribution in [0.2, 0.25) is 0 Å². The number of ether oxygens (including phenoxy) is 1. The van der Waals surface area contributed by atoms with Crippen LogP contribution in [0.1, 0.15) is 6.92 Å². The molecule has 27 heavy (non-hydrogen) atoms. The number of benzene rings is 2. The van der Waals surface area contributed by atoms with Crippen LogP contribution in [0.15, 0.2) is 53.4 Å². The van der Waals surface area contributed by atoms with Crippen molar-refractivity contribution in [1.82, 2.24) is 4.72 Å². The highest BCUT2D eigenvalue weighted by Crippen LogP contribution is 2.11. The Labute approximate surface area is 154 Å². The minimum atomic E-state index is -4.11. The number of anilines is 1. The Kier molecular flexibility index (Phi) is 6.59.